The van der Waals surface area contributed by atoms with E-state index in [1.165, 1.54) is 4.68 Å². The van der Waals surface area contributed by atoms with Crippen molar-refractivity contribution in [3.63, 3.8) is 0 Å². The van der Waals surface area contributed by atoms with Crippen molar-refractivity contribution >= 4 is 0 Å². The zero-order valence-electron chi connectivity index (χ0n) is 8.75. The van der Waals surface area contributed by atoms with Crippen molar-refractivity contribution < 1.29 is 0 Å². The van der Waals surface area contributed by atoms with Gasteiger partial charge in [-0.2, -0.15) is 10.1 Å². The molecule has 72 valence electrons. The average molecular weight is 181 g/mol. The van der Waals surface area contributed by atoms with Gasteiger partial charge in [-0.25, -0.2) is 9.48 Å². The van der Waals surface area contributed by atoms with Gasteiger partial charge in [0, 0.05) is 0 Å². The van der Waals surface area contributed by atoms with E-state index in [-0.39, 0.29) is 11.2 Å². The predicted octanol–water partition coefficient (Wildman–Crippen LogP) is 1.01. The summed E-state index contributed by atoms with van der Waals surface area (Å²) in [5.74, 6) is 0. The molecule has 0 spiro atoms. The molecule has 0 unspecified atom stereocenters. The summed E-state index contributed by atoms with van der Waals surface area (Å²) in [7, 11) is 0. The molecule has 0 N–H and O–H groups in total. The minimum absolute atomic E-state index is 0.282. The first-order chi connectivity index (χ1) is 5.82. The summed E-state index contributed by atoms with van der Waals surface area (Å²) in [6.45, 7) is 9.42. The Balaban J connectivity index is 3.41. The first-order valence-electron chi connectivity index (χ1n) is 4.27. The third-order valence-corrected chi connectivity index (χ3v) is 1.85. The van der Waals surface area contributed by atoms with E-state index in [0.717, 1.165) is 5.69 Å². The Labute approximate surface area is 77.6 Å². The molecule has 0 aliphatic carbocycles. The molecule has 0 fully saturated rings. The van der Waals surface area contributed by atoms with Gasteiger partial charge >= 0.3 is 5.69 Å². The summed E-state index contributed by atoms with van der Waals surface area (Å²) in [6, 6.07) is 0. The highest BCUT2D eigenvalue weighted by Crippen LogP contribution is 2.08. The number of rotatable bonds is 0. The maximum absolute atomic E-state index is 11.4. The fourth-order valence-corrected chi connectivity index (χ4v) is 0.974. The topological polar surface area (TPSA) is 47.8 Å². The van der Waals surface area contributed by atoms with Crippen LogP contribution >= 0.6 is 0 Å². The maximum atomic E-state index is 11.4. The first-order valence-corrected chi connectivity index (χ1v) is 4.27. The molecule has 0 amide bonds. The fraction of sp³-hybridized carbons (Fsp3) is 0.667. The lowest BCUT2D eigenvalue weighted by Crippen LogP contribution is -2.38. The molecular weight excluding hydrogens is 166 g/mol. The largest absolute Gasteiger partial charge is 0.364 e. The predicted molar refractivity (Wildman–Crippen MR) is 50.8 cm³/mol. The molecule has 1 heterocycles. The molecule has 4 heteroatoms. The van der Waals surface area contributed by atoms with Crippen molar-refractivity contribution in [2.24, 2.45) is 0 Å². The van der Waals surface area contributed by atoms with Crippen LogP contribution in [0.1, 0.15) is 32.2 Å². The van der Waals surface area contributed by atoms with Gasteiger partial charge in [-0.1, -0.05) is 0 Å². The summed E-state index contributed by atoms with van der Waals surface area (Å²) in [4.78, 5) is 15.3. The van der Waals surface area contributed by atoms with E-state index in [1.54, 1.807) is 6.92 Å². The summed E-state index contributed by atoms with van der Waals surface area (Å²) >= 11 is 0. The third-order valence-electron chi connectivity index (χ3n) is 1.85. The Morgan fingerprint density at radius 1 is 1.15 bits per heavy atom. The highest BCUT2D eigenvalue weighted by atomic mass is 16.1. The van der Waals surface area contributed by atoms with E-state index in [9.17, 15) is 4.79 Å². The molecule has 1 rings (SSSR count). The fourth-order valence-electron chi connectivity index (χ4n) is 0.974. The van der Waals surface area contributed by atoms with Crippen molar-refractivity contribution in [1.82, 2.24) is 14.8 Å². The summed E-state index contributed by atoms with van der Waals surface area (Å²) in [5, 5.41) is 4.19. The Bertz CT molecular complexity index is 373. The summed E-state index contributed by atoms with van der Waals surface area (Å²) in [6.07, 6.45) is 0. The van der Waals surface area contributed by atoms with Crippen molar-refractivity contribution in [1.29, 1.82) is 0 Å². The maximum Gasteiger partial charge on any atom is 0.364 e. The molecule has 0 saturated carbocycles. The molecule has 1 aromatic rings. The van der Waals surface area contributed by atoms with Gasteiger partial charge in [-0.15, -0.1) is 0 Å². The van der Waals surface area contributed by atoms with Gasteiger partial charge in [0.15, 0.2) is 0 Å². The average Bonchev–Trinajstić information content (AvgIpc) is 1.94. The Kier molecular flexibility index (Phi) is 2.24. The van der Waals surface area contributed by atoms with Crippen LogP contribution in [0.3, 0.4) is 0 Å². The van der Waals surface area contributed by atoms with Crippen molar-refractivity contribution in [2.45, 2.75) is 40.2 Å². The van der Waals surface area contributed by atoms with Crippen molar-refractivity contribution in [2.75, 3.05) is 0 Å². The SMILES string of the molecule is Cc1nc(=O)n(C(C)(C)C)nc1C. The van der Waals surface area contributed by atoms with Crippen LogP contribution in [0.15, 0.2) is 4.79 Å². The van der Waals surface area contributed by atoms with Crippen LogP contribution in [-0.2, 0) is 5.54 Å². The van der Waals surface area contributed by atoms with Gasteiger partial charge in [0.1, 0.15) is 0 Å². The minimum Gasteiger partial charge on any atom is -0.244 e. The molecule has 13 heavy (non-hydrogen) atoms. The summed E-state index contributed by atoms with van der Waals surface area (Å²) < 4.78 is 1.41. The lowest BCUT2D eigenvalue weighted by molar-refractivity contribution is 0.326. The van der Waals surface area contributed by atoms with E-state index in [4.69, 9.17) is 0 Å². The van der Waals surface area contributed by atoms with Gasteiger partial charge < -0.3 is 0 Å². The second kappa shape index (κ2) is 2.94. The molecule has 0 atom stereocenters. The van der Waals surface area contributed by atoms with Crippen LogP contribution in [0.5, 0.6) is 0 Å². The molecular formula is C9H15N3O. The summed E-state index contributed by atoms with van der Waals surface area (Å²) in [5.41, 5.74) is 0.915. The van der Waals surface area contributed by atoms with Gasteiger partial charge in [0.2, 0.25) is 0 Å². The minimum atomic E-state index is -0.303. The van der Waals surface area contributed by atoms with E-state index in [0.29, 0.717) is 5.69 Å². The third kappa shape index (κ3) is 1.94. The smallest absolute Gasteiger partial charge is 0.244 e. The Hall–Kier alpha value is -1.19. The molecule has 0 aliphatic rings. The van der Waals surface area contributed by atoms with Gasteiger partial charge in [-0.05, 0) is 34.6 Å². The van der Waals surface area contributed by atoms with E-state index in [1.807, 2.05) is 27.7 Å². The number of nitrogens with zero attached hydrogens (tertiary/aromatic N) is 3. The van der Waals surface area contributed by atoms with E-state index >= 15 is 0 Å². The normalized spacial score (nSPS) is 11.8. The number of aryl methyl sites for hydroxylation is 2. The number of hydrogen-bond acceptors (Lipinski definition) is 3. The first kappa shape index (κ1) is 9.89. The zero-order chi connectivity index (χ0) is 10.2. The Morgan fingerprint density at radius 3 is 2.15 bits per heavy atom. The van der Waals surface area contributed by atoms with Gasteiger partial charge in [0.25, 0.3) is 0 Å². The second-order valence-electron chi connectivity index (χ2n) is 4.15. The highest BCUT2D eigenvalue weighted by molar-refractivity contribution is 5.03. The zero-order valence-corrected chi connectivity index (χ0v) is 8.75. The monoisotopic (exact) mass is 181 g/mol. The van der Waals surface area contributed by atoms with Crippen molar-refractivity contribution in [3.8, 4) is 0 Å². The van der Waals surface area contributed by atoms with Crippen LogP contribution < -0.4 is 5.69 Å². The lowest BCUT2D eigenvalue weighted by atomic mass is 10.1. The molecule has 0 radical (unpaired) electrons. The van der Waals surface area contributed by atoms with Crippen LogP contribution in [0.25, 0.3) is 0 Å². The molecule has 1 aromatic heterocycles. The lowest BCUT2D eigenvalue weighted by Gasteiger charge is -2.20. The molecule has 0 aliphatic heterocycles. The highest BCUT2D eigenvalue weighted by Gasteiger charge is 2.17. The number of hydrogen-bond donors (Lipinski definition) is 0. The molecule has 0 bridgehead atoms. The van der Waals surface area contributed by atoms with E-state index < -0.39 is 0 Å². The standard InChI is InChI=1S/C9H15N3O/c1-6-7(2)11-12(8(13)10-6)9(3,4)5/h1-5H3. The molecule has 0 aromatic carbocycles. The van der Waals surface area contributed by atoms with E-state index in [2.05, 4.69) is 10.1 Å². The van der Waals surface area contributed by atoms with Crippen LogP contribution in [0.4, 0.5) is 0 Å². The van der Waals surface area contributed by atoms with Crippen LogP contribution in [-0.4, -0.2) is 14.8 Å². The second-order valence-corrected chi connectivity index (χ2v) is 4.15. The van der Waals surface area contributed by atoms with Crippen LogP contribution in [0, 0.1) is 13.8 Å². The quantitative estimate of drug-likeness (QED) is 0.600. The van der Waals surface area contributed by atoms with Crippen LogP contribution in [0.2, 0.25) is 0 Å². The number of aromatic nitrogens is 3. The molecule has 0 saturated heterocycles. The van der Waals surface area contributed by atoms with Gasteiger partial charge in [0.05, 0.1) is 16.9 Å². The Morgan fingerprint density at radius 2 is 1.69 bits per heavy atom. The molecule has 4 nitrogen and oxygen atoms in total. The van der Waals surface area contributed by atoms with Gasteiger partial charge in [-0.3, -0.25) is 0 Å². The van der Waals surface area contributed by atoms with Crippen molar-refractivity contribution in [3.05, 3.63) is 21.9 Å².